The summed E-state index contributed by atoms with van der Waals surface area (Å²) < 4.78 is 23.3. The first-order valence-electron chi connectivity index (χ1n) is 5.93. The standard InChI is InChI=1S/C12H13FN2O5/c1-19-12(16)8-4-10(14-7-2-3-20-6-7)11(15(17)18)5-9(8)13/h4-5,7,14H,2-3,6H2,1H3. The first-order valence-corrected chi connectivity index (χ1v) is 5.93. The minimum Gasteiger partial charge on any atom is -0.465 e. The molecule has 20 heavy (non-hydrogen) atoms. The van der Waals surface area contributed by atoms with E-state index in [2.05, 4.69) is 10.1 Å². The summed E-state index contributed by atoms with van der Waals surface area (Å²) in [6, 6.07) is 1.70. The Labute approximate surface area is 113 Å². The second-order valence-electron chi connectivity index (χ2n) is 4.30. The van der Waals surface area contributed by atoms with E-state index in [1.165, 1.54) is 0 Å². The number of hydrogen-bond donors (Lipinski definition) is 1. The van der Waals surface area contributed by atoms with Crippen molar-refractivity contribution in [2.24, 2.45) is 0 Å². The van der Waals surface area contributed by atoms with Gasteiger partial charge in [-0.2, -0.15) is 0 Å². The molecule has 1 aromatic rings. The summed E-state index contributed by atoms with van der Waals surface area (Å²) in [6.07, 6.45) is 0.683. The van der Waals surface area contributed by atoms with Gasteiger partial charge in [0.05, 0.1) is 36.3 Å². The smallest absolute Gasteiger partial charge is 0.340 e. The number of carbonyl (C=O) groups excluding carboxylic acids is 1. The van der Waals surface area contributed by atoms with Gasteiger partial charge in [0.15, 0.2) is 0 Å². The van der Waals surface area contributed by atoms with Crippen molar-refractivity contribution in [1.29, 1.82) is 0 Å². The van der Waals surface area contributed by atoms with Gasteiger partial charge in [0.2, 0.25) is 0 Å². The first kappa shape index (κ1) is 14.2. The Kier molecular flexibility index (Phi) is 4.14. The highest BCUT2D eigenvalue weighted by Gasteiger charge is 2.25. The number of carbonyl (C=O) groups is 1. The summed E-state index contributed by atoms with van der Waals surface area (Å²) in [7, 11) is 1.11. The summed E-state index contributed by atoms with van der Waals surface area (Å²) in [5.41, 5.74) is -0.700. The van der Waals surface area contributed by atoms with Crippen LogP contribution in [-0.2, 0) is 9.47 Å². The van der Waals surface area contributed by atoms with Gasteiger partial charge in [-0.15, -0.1) is 0 Å². The number of ether oxygens (including phenoxy) is 2. The van der Waals surface area contributed by atoms with E-state index in [1.54, 1.807) is 0 Å². The van der Waals surface area contributed by atoms with Gasteiger partial charge >= 0.3 is 5.97 Å². The van der Waals surface area contributed by atoms with Gasteiger partial charge < -0.3 is 14.8 Å². The quantitative estimate of drug-likeness (QED) is 0.514. The topological polar surface area (TPSA) is 90.7 Å². The van der Waals surface area contributed by atoms with Crippen LogP contribution < -0.4 is 5.32 Å². The molecule has 1 aromatic carbocycles. The van der Waals surface area contributed by atoms with Gasteiger partial charge in [0.1, 0.15) is 11.5 Å². The van der Waals surface area contributed by atoms with Crippen LogP contribution in [-0.4, -0.2) is 37.3 Å². The third-order valence-corrected chi connectivity index (χ3v) is 2.98. The van der Waals surface area contributed by atoms with Crippen molar-refractivity contribution < 1.29 is 23.6 Å². The molecular formula is C12H13FN2O5. The molecule has 1 N–H and O–H groups in total. The highest BCUT2D eigenvalue weighted by molar-refractivity contribution is 5.92. The van der Waals surface area contributed by atoms with Crippen LogP contribution in [0.5, 0.6) is 0 Å². The van der Waals surface area contributed by atoms with Gasteiger partial charge in [-0.05, 0) is 12.5 Å². The van der Waals surface area contributed by atoms with E-state index < -0.39 is 22.4 Å². The number of nitrogens with zero attached hydrogens (tertiary/aromatic N) is 1. The highest BCUT2D eigenvalue weighted by atomic mass is 19.1. The lowest BCUT2D eigenvalue weighted by molar-refractivity contribution is -0.384. The molecule has 7 nitrogen and oxygen atoms in total. The lowest BCUT2D eigenvalue weighted by Gasteiger charge is -2.13. The second-order valence-corrected chi connectivity index (χ2v) is 4.30. The molecule has 0 radical (unpaired) electrons. The molecule has 1 fully saturated rings. The maximum atomic E-state index is 13.7. The molecule has 8 heteroatoms. The summed E-state index contributed by atoms with van der Waals surface area (Å²) >= 11 is 0. The van der Waals surface area contributed by atoms with Crippen LogP contribution in [0.4, 0.5) is 15.8 Å². The zero-order valence-electron chi connectivity index (χ0n) is 10.7. The molecule has 1 aliphatic rings. The Morgan fingerprint density at radius 2 is 2.35 bits per heavy atom. The predicted molar refractivity (Wildman–Crippen MR) is 67.2 cm³/mol. The number of nitrogens with one attached hydrogen (secondary N) is 1. The Balaban J connectivity index is 2.39. The monoisotopic (exact) mass is 284 g/mol. The molecule has 1 unspecified atom stereocenters. The molecule has 1 heterocycles. The number of benzene rings is 1. The third kappa shape index (κ3) is 2.85. The van der Waals surface area contributed by atoms with Gasteiger partial charge in [-0.1, -0.05) is 0 Å². The molecule has 0 aliphatic carbocycles. The summed E-state index contributed by atoms with van der Waals surface area (Å²) in [5.74, 6) is -1.88. The molecule has 1 aliphatic heterocycles. The zero-order valence-corrected chi connectivity index (χ0v) is 10.7. The lowest BCUT2D eigenvalue weighted by atomic mass is 10.1. The van der Waals surface area contributed by atoms with Crippen LogP contribution >= 0.6 is 0 Å². The van der Waals surface area contributed by atoms with Gasteiger partial charge in [0, 0.05) is 6.61 Å². The molecule has 0 spiro atoms. The number of halogens is 1. The van der Waals surface area contributed by atoms with Crippen molar-refractivity contribution in [3.8, 4) is 0 Å². The predicted octanol–water partition coefficient (Wildman–Crippen LogP) is 1.72. The van der Waals surface area contributed by atoms with E-state index in [1.807, 2.05) is 0 Å². The lowest BCUT2D eigenvalue weighted by Crippen LogP contribution is -2.20. The molecule has 108 valence electrons. The number of rotatable bonds is 4. The van der Waals surface area contributed by atoms with Crippen LogP contribution in [0.15, 0.2) is 12.1 Å². The van der Waals surface area contributed by atoms with E-state index in [0.717, 1.165) is 13.2 Å². The van der Waals surface area contributed by atoms with E-state index in [-0.39, 0.29) is 17.3 Å². The van der Waals surface area contributed by atoms with Crippen molar-refractivity contribution in [3.05, 3.63) is 33.6 Å². The summed E-state index contributed by atoms with van der Waals surface area (Å²) in [5, 5.41) is 13.8. The number of anilines is 1. The number of hydrogen-bond acceptors (Lipinski definition) is 6. The Bertz CT molecular complexity index is 543. The van der Waals surface area contributed by atoms with Crippen molar-refractivity contribution >= 4 is 17.3 Å². The molecule has 1 atom stereocenters. The Morgan fingerprint density at radius 1 is 1.60 bits per heavy atom. The number of esters is 1. The van der Waals surface area contributed by atoms with E-state index in [4.69, 9.17) is 4.74 Å². The van der Waals surface area contributed by atoms with Crippen LogP contribution in [0.2, 0.25) is 0 Å². The minimum absolute atomic E-state index is 0.0762. The average Bonchev–Trinajstić information content (AvgIpc) is 2.92. The first-order chi connectivity index (χ1) is 9.52. The number of nitro benzene ring substituents is 1. The fraction of sp³-hybridized carbons (Fsp3) is 0.417. The van der Waals surface area contributed by atoms with Crippen LogP contribution in [0.25, 0.3) is 0 Å². The van der Waals surface area contributed by atoms with Gasteiger partial charge in [-0.25, -0.2) is 9.18 Å². The minimum atomic E-state index is -0.989. The largest absolute Gasteiger partial charge is 0.465 e. The van der Waals surface area contributed by atoms with Crippen molar-refractivity contribution in [2.45, 2.75) is 12.5 Å². The molecule has 0 bridgehead atoms. The maximum Gasteiger partial charge on any atom is 0.340 e. The summed E-state index contributed by atoms with van der Waals surface area (Å²) in [6.45, 7) is 0.957. The number of methoxy groups -OCH3 is 1. The SMILES string of the molecule is COC(=O)c1cc(NC2CCOC2)c([N+](=O)[O-])cc1F. The third-order valence-electron chi connectivity index (χ3n) is 2.98. The number of nitro groups is 1. The zero-order chi connectivity index (χ0) is 14.7. The van der Waals surface area contributed by atoms with Crippen LogP contribution in [0, 0.1) is 15.9 Å². The van der Waals surface area contributed by atoms with Crippen molar-refractivity contribution in [3.63, 3.8) is 0 Å². The molecule has 0 aromatic heterocycles. The normalized spacial score (nSPS) is 17.8. The van der Waals surface area contributed by atoms with Gasteiger partial charge in [0.25, 0.3) is 5.69 Å². The molecule has 2 rings (SSSR count). The van der Waals surface area contributed by atoms with Crippen molar-refractivity contribution in [1.82, 2.24) is 0 Å². The maximum absolute atomic E-state index is 13.7. The Hall–Kier alpha value is -2.22. The van der Waals surface area contributed by atoms with Crippen molar-refractivity contribution in [2.75, 3.05) is 25.6 Å². The fourth-order valence-corrected chi connectivity index (χ4v) is 1.96. The Morgan fingerprint density at radius 3 is 2.90 bits per heavy atom. The molecule has 0 saturated carbocycles. The van der Waals surface area contributed by atoms with Crippen LogP contribution in [0.3, 0.4) is 0 Å². The van der Waals surface area contributed by atoms with E-state index in [0.29, 0.717) is 25.7 Å². The van der Waals surface area contributed by atoms with E-state index in [9.17, 15) is 19.3 Å². The van der Waals surface area contributed by atoms with E-state index >= 15 is 0 Å². The molecule has 0 amide bonds. The second kappa shape index (κ2) is 5.83. The summed E-state index contributed by atoms with van der Waals surface area (Å²) in [4.78, 5) is 21.7. The van der Waals surface area contributed by atoms with Gasteiger partial charge in [-0.3, -0.25) is 10.1 Å². The average molecular weight is 284 g/mol. The molecular weight excluding hydrogens is 271 g/mol. The fourth-order valence-electron chi connectivity index (χ4n) is 1.96. The van der Waals surface area contributed by atoms with Crippen LogP contribution in [0.1, 0.15) is 16.8 Å². The highest BCUT2D eigenvalue weighted by Crippen LogP contribution is 2.29. The molecule has 1 saturated heterocycles.